The quantitative estimate of drug-likeness (QED) is 0.789. The Balaban J connectivity index is 2.08. The maximum absolute atomic E-state index is 11.0. The second kappa shape index (κ2) is 5.03. The van der Waals surface area contributed by atoms with Crippen molar-refractivity contribution in [1.29, 1.82) is 0 Å². The van der Waals surface area contributed by atoms with Gasteiger partial charge >= 0.3 is 0 Å². The molecule has 20 heavy (non-hydrogen) atoms. The predicted molar refractivity (Wildman–Crippen MR) is 73.4 cm³/mol. The molecule has 2 aromatic rings. The van der Waals surface area contributed by atoms with E-state index in [-0.39, 0.29) is 6.04 Å². The first-order valence-corrected chi connectivity index (χ1v) is 6.86. The first-order chi connectivity index (χ1) is 9.76. The number of hydrogen-bond donors (Lipinski definition) is 0. The van der Waals surface area contributed by atoms with E-state index in [2.05, 4.69) is 28.3 Å². The van der Waals surface area contributed by atoms with Crippen LogP contribution in [0.3, 0.4) is 0 Å². The number of rotatable bonds is 3. The van der Waals surface area contributed by atoms with Crippen molar-refractivity contribution in [2.75, 3.05) is 6.54 Å². The van der Waals surface area contributed by atoms with E-state index >= 15 is 0 Å². The van der Waals surface area contributed by atoms with Crippen molar-refractivity contribution >= 4 is 6.41 Å². The number of carbonyl (C=O) groups excluding carboxylic acids is 1. The van der Waals surface area contributed by atoms with Gasteiger partial charge in [0, 0.05) is 19.2 Å². The summed E-state index contributed by atoms with van der Waals surface area (Å²) in [6.07, 6.45) is 4.30. The van der Waals surface area contributed by atoms with Crippen molar-refractivity contribution in [2.24, 2.45) is 0 Å². The molecule has 3 rings (SSSR count). The SMILES string of the molecule is CCc1cccnc1-n1nnc2c1CCN(C=O)C2C. The Bertz CT molecular complexity index is 636. The molecule has 6 heteroatoms. The molecule has 104 valence electrons. The van der Waals surface area contributed by atoms with Gasteiger partial charge in [-0.25, -0.2) is 4.98 Å². The van der Waals surface area contributed by atoms with Gasteiger partial charge in [-0.2, -0.15) is 4.68 Å². The molecule has 1 aliphatic rings. The molecular formula is C14H17N5O. The third kappa shape index (κ3) is 1.88. The van der Waals surface area contributed by atoms with Crippen LogP contribution in [0.1, 0.15) is 36.8 Å². The van der Waals surface area contributed by atoms with Crippen LogP contribution >= 0.6 is 0 Å². The summed E-state index contributed by atoms with van der Waals surface area (Å²) in [7, 11) is 0. The number of pyridine rings is 1. The summed E-state index contributed by atoms with van der Waals surface area (Å²) in [5.74, 6) is 0.843. The molecule has 0 bridgehead atoms. The lowest BCUT2D eigenvalue weighted by molar-refractivity contribution is -0.120. The van der Waals surface area contributed by atoms with Gasteiger partial charge in [0.25, 0.3) is 0 Å². The minimum atomic E-state index is -0.0289. The van der Waals surface area contributed by atoms with E-state index in [0.29, 0.717) is 6.54 Å². The normalized spacial score (nSPS) is 17.9. The number of aromatic nitrogens is 4. The van der Waals surface area contributed by atoms with Crippen LogP contribution in [-0.4, -0.2) is 37.8 Å². The van der Waals surface area contributed by atoms with Crippen molar-refractivity contribution in [1.82, 2.24) is 24.9 Å². The van der Waals surface area contributed by atoms with Gasteiger partial charge in [0.2, 0.25) is 6.41 Å². The number of nitrogens with zero attached hydrogens (tertiary/aromatic N) is 5. The summed E-state index contributed by atoms with van der Waals surface area (Å²) in [6.45, 7) is 4.77. The molecule has 1 unspecified atom stereocenters. The summed E-state index contributed by atoms with van der Waals surface area (Å²) < 4.78 is 1.83. The molecule has 0 spiro atoms. The Hall–Kier alpha value is -2.24. The van der Waals surface area contributed by atoms with E-state index in [4.69, 9.17) is 0 Å². The lowest BCUT2D eigenvalue weighted by atomic mass is 10.0. The Kier molecular flexibility index (Phi) is 3.22. The van der Waals surface area contributed by atoms with Crippen LogP contribution in [0.25, 0.3) is 5.82 Å². The number of aryl methyl sites for hydroxylation is 1. The Morgan fingerprint density at radius 1 is 1.50 bits per heavy atom. The monoisotopic (exact) mass is 271 g/mol. The first kappa shape index (κ1) is 12.8. The molecule has 3 heterocycles. The van der Waals surface area contributed by atoms with Crippen LogP contribution in [0.4, 0.5) is 0 Å². The Morgan fingerprint density at radius 3 is 3.10 bits per heavy atom. The smallest absolute Gasteiger partial charge is 0.210 e. The van der Waals surface area contributed by atoms with Gasteiger partial charge in [-0.05, 0) is 25.0 Å². The second-order valence-corrected chi connectivity index (χ2v) is 4.94. The van der Waals surface area contributed by atoms with E-state index < -0.39 is 0 Å². The molecule has 0 aromatic carbocycles. The molecule has 2 aromatic heterocycles. The summed E-state index contributed by atoms with van der Waals surface area (Å²) in [4.78, 5) is 17.2. The molecule has 0 aliphatic carbocycles. The zero-order valence-corrected chi connectivity index (χ0v) is 11.7. The Labute approximate surface area is 117 Å². The van der Waals surface area contributed by atoms with Gasteiger partial charge in [0.05, 0.1) is 11.7 Å². The van der Waals surface area contributed by atoms with Gasteiger partial charge in [0.15, 0.2) is 5.82 Å². The topological polar surface area (TPSA) is 63.9 Å². The molecule has 1 aliphatic heterocycles. The maximum atomic E-state index is 11.0. The average molecular weight is 271 g/mol. The van der Waals surface area contributed by atoms with Crippen molar-refractivity contribution in [3.8, 4) is 5.82 Å². The van der Waals surface area contributed by atoms with E-state index in [0.717, 1.165) is 42.0 Å². The van der Waals surface area contributed by atoms with Gasteiger partial charge in [-0.1, -0.05) is 18.2 Å². The molecule has 0 saturated carbocycles. The maximum Gasteiger partial charge on any atom is 0.210 e. The largest absolute Gasteiger partial charge is 0.336 e. The standard InChI is InChI=1S/C14H17N5O/c1-3-11-5-4-7-15-14(11)19-12-6-8-18(9-20)10(2)13(12)16-17-19/h4-5,7,9-10H,3,6,8H2,1-2H3. The summed E-state index contributed by atoms with van der Waals surface area (Å²) in [6, 6.07) is 3.96. The van der Waals surface area contributed by atoms with Crippen LogP contribution in [0.5, 0.6) is 0 Å². The number of amides is 1. The van der Waals surface area contributed by atoms with Crippen LogP contribution in [0.2, 0.25) is 0 Å². The van der Waals surface area contributed by atoms with Gasteiger partial charge < -0.3 is 4.90 Å². The lowest BCUT2D eigenvalue weighted by Crippen LogP contribution is -2.33. The highest BCUT2D eigenvalue weighted by Crippen LogP contribution is 2.27. The van der Waals surface area contributed by atoms with Crippen LogP contribution in [0.15, 0.2) is 18.3 Å². The molecule has 0 fully saturated rings. The lowest BCUT2D eigenvalue weighted by Gasteiger charge is -2.28. The Morgan fingerprint density at radius 2 is 2.35 bits per heavy atom. The van der Waals surface area contributed by atoms with Gasteiger partial charge in [-0.15, -0.1) is 5.10 Å². The molecule has 1 atom stereocenters. The predicted octanol–water partition coefficient (Wildman–Crippen LogP) is 1.30. The fourth-order valence-electron chi connectivity index (χ4n) is 2.67. The highest BCUT2D eigenvalue weighted by molar-refractivity contribution is 5.50. The van der Waals surface area contributed by atoms with Crippen molar-refractivity contribution in [3.63, 3.8) is 0 Å². The summed E-state index contributed by atoms with van der Waals surface area (Å²) in [5, 5.41) is 8.52. The number of hydrogen-bond acceptors (Lipinski definition) is 4. The first-order valence-electron chi connectivity index (χ1n) is 6.86. The molecular weight excluding hydrogens is 254 g/mol. The molecule has 0 radical (unpaired) electrons. The minimum Gasteiger partial charge on any atom is -0.336 e. The highest BCUT2D eigenvalue weighted by Gasteiger charge is 2.29. The van der Waals surface area contributed by atoms with Crippen molar-refractivity contribution < 1.29 is 4.79 Å². The van der Waals surface area contributed by atoms with E-state index in [9.17, 15) is 4.79 Å². The minimum absolute atomic E-state index is 0.0289. The third-order valence-electron chi connectivity index (χ3n) is 3.88. The fraction of sp³-hybridized carbons (Fsp3) is 0.429. The third-order valence-corrected chi connectivity index (χ3v) is 3.88. The molecule has 0 N–H and O–H groups in total. The number of fused-ring (bicyclic) bond motifs is 1. The fourth-order valence-corrected chi connectivity index (χ4v) is 2.67. The summed E-state index contributed by atoms with van der Waals surface area (Å²) >= 11 is 0. The van der Waals surface area contributed by atoms with E-state index in [1.807, 2.05) is 17.7 Å². The van der Waals surface area contributed by atoms with E-state index in [1.54, 1.807) is 11.1 Å². The highest BCUT2D eigenvalue weighted by atomic mass is 16.1. The second-order valence-electron chi connectivity index (χ2n) is 4.94. The van der Waals surface area contributed by atoms with Crippen molar-refractivity contribution in [3.05, 3.63) is 35.3 Å². The van der Waals surface area contributed by atoms with Crippen molar-refractivity contribution in [2.45, 2.75) is 32.7 Å². The number of carbonyl (C=O) groups is 1. The zero-order chi connectivity index (χ0) is 14.1. The molecule has 0 saturated heterocycles. The van der Waals surface area contributed by atoms with Gasteiger partial charge in [-0.3, -0.25) is 4.79 Å². The molecule has 1 amide bonds. The molecule has 6 nitrogen and oxygen atoms in total. The summed E-state index contributed by atoms with van der Waals surface area (Å²) in [5.41, 5.74) is 3.07. The van der Waals surface area contributed by atoms with Gasteiger partial charge in [0.1, 0.15) is 5.69 Å². The van der Waals surface area contributed by atoms with Crippen LogP contribution < -0.4 is 0 Å². The average Bonchev–Trinajstić information content (AvgIpc) is 2.92. The van der Waals surface area contributed by atoms with Crippen LogP contribution in [0, 0.1) is 0 Å². The zero-order valence-electron chi connectivity index (χ0n) is 11.7. The van der Waals surface area contributed by atoms with E-state index in [1.165, 1.54) is 0 Å². The van der Waals surface area contributed by atoms with Crippen LogP contribution in [-0.2, 0) is 17.6 Å².